The lowest BCUT2D eigenvalue weighted by atomic mass is 10.3. The lowest BCUT2D eigenvalue weighted by Crippen LogP contribution is -2.33. The van der Waals surface area contributed by atoms with E-state index in [9.17, 15) is 36.1 Å². The maximum atomic E-state index is 12.9. The summed E-state index contributed by atoms with van der Waals surface area (Å²) in [5, 5.41) is 10.4. The van der Waals surface area contributed by atoms with Crippen LogP contribution in [0.2, 0.25) is 0 Å². The van der Waals surface area contributed by atoms with E-state index in [2.05, 4.69) is 0 Å². The molecule has 0 radical (unpaired) electrons. The highest BCUT2D eigenvalue weighted by Gasteiger charge is 2.30. The van der Waals surface area contributed by atoms with Crippen molar-refractivity contribution < 1.29 is 30.9 Å². The van der Waals surface area contributed by atoms with Crippen molar-refractivity contribution in [1.82, 2.24) is 4.72 Å². The number of nitro benzene ring substituents is 1. The first-order valence-electron chi connectivity index (χ1n) is 4.53. The molecule has 0 aromatic heterocycles. The highest BCUT2D eigenvalue weighted by molar-refractivity contribution is 7.89. The third kappa shape index (κ3) is 4.13. The fourth-order valence-electron chi connectivity index (χ4n) is 1.06. The normalized spacial score (nSPS) is 12.4. The van der Waals surface area contributed by atoms with Gasteiger partial charge in [0.25, 0.3) is 0 Å². The van der Waals surface area contributed by atoms with Crippen molar-refractivity contribution in [2.45, 2.75) is 11.1 Å². The van der Waals surface area contributed by atoms with Crippen molar-refractivity contribution in [1.29, 1.82) is 0 Å². The van der Waals surface area contributed by atoms with Gasteiger partial charge >= 0.3 is 11.9 Å². The SMILES string of the molecule is O=[N+]([O-])c1cc(S(=O)(=O)NCC(F)(F)F)ccc1F. The Morgan fingerprint density at radius 3 is 2.37 bits per heavy atom. The maximum absolute atomic E-state index is 12.9. The number of rotatable bonds is 4. The van der Waals surface area contributed by atoms with Crippen LogP contribution in [0.4, 0.5) is 23.2 Å². The quantitative estimate of drug-likeness (QED) is 0.519. The number of halogens is 4. The van der Waals surface area contributed by atoms with Gasteiger partial charge in [0.1, 0.15) is 6.54 Å². The van der Waals surface area contributed by atoms with E-state index in [0.29, 0.717) is 18.2 Å². The van der Waals surface area contributed by atoms with Gasteiger partial charge in [0.2, 0.25) is 15.8 Å². The molecule has 6 nitrogen and oxygen atoms in total. The van der Waals surface area contributed by atoms with E-state index in [-0.39, 0.29) is 0 Å². The Morgan fingerprint density at radius 2 is 1.89 bits per heavy atom. The highest BCUT2D eigenvalue weighted by atomic mass is 32.2. The molecule has 1 aromatic rings. The highest BCUT2D eigenvalue weighted by Crippen LogP contribution is 2.22. The molecular weight excluding hydrogens is 296 g/mol. The van der Waals surface area contributed by atoms with Crippen LogP contribution in [-0.4, -0.2) is 26.1 Å². The van der Waals surface area contributed by atoms with E-state index in [1.54, 1.807) is 0 Å². The number of alkyl halides is 3. The van der Waals surface area contributed by atoms with Gasteiger partial charge in [0, 0.05) is 6.07 Å². The lowest BCUT2D eigenvalue weighted by molar-refractivity contribution is -0.387. The van der Waals surface area contributed by atoms with Crippen molar-refractivity contribution in [3.8, 4) is 0 Å². The second kappa shape index (κ2) is 5.09. The monoisotopic (exact) mass is 302 g/mol. The minimum Gasteiger partial charge on any atom is -0.258 e. The molecule has 106 valence electrons. The van der Waals surface area contributed by atoms with Crippen LogP contribution >= 0.6 is 0 Å². The minimum absolute atomic E-state index is 0.341. The van der Waals surface area contributed by atoms with Crippen LogP contribution in [0.1, 0.15) is 0 Å². The Morgan fingerprint density at radius 1 is 1.32 bits per heavy atom. The first-order chi connectivity index (χ1) is 8.53. The first-order valence-corrected chi connectivity index (χ1v) is 6.01. The van der Waals surface area contributed by atoms with Gasteiger partial charge in [-0.3, -0.25) is 10.1 Å². The smallest absolute Gasteiger partial charge is 0.258 e. The van der Waals surface area contributed by atoms with Gasteiger partial charge in [-0.15, -0.1) is 0 Å². The summed E-state index contributed by atoms with van der Waals surface area (Å²) in [5.41, 5.74) is -1.14. The van der Waals surface area contributed by atoms with Crippen molar-refractivity contribution in [2.24, 2.45) is 0 Å². The van der Waals surface area contributed by atoms with Crippen LogP contribution in [0.15, 0.2) is 23.1 Å². The zero-order valence-electron chi connectivity index (χ0n) is 8.94. The molecule has 0 heterocycles. The molecular formula is C8H6F4N2O4S. The number of nitrogens with zero attached hydrogens (tertiary/aromatic N) is 1. The van der Waals surface area contributed by atoms with Gasteiger partial charge < -0.3 is 0 Å². The second-order valence-electron chi connectivity index (χ2n) is 3.31. The van der Waals surface area contributed by atoms with Gasteiger partial charge in [-0.2, -0.15) is 17.6 Å². The third-order valence-corrected chi connectivity index (χ3v) is 3.29. The van der Waals surface area contributed by atoms with Crippen LogP contribution in [0.25, 0.3) is 0 Å². The van der Waals surface area contributed by atoms with Crippen LogP contribution in [0.3, 0.4) is 0 Å². The van der Waals surface area contributed by atoms with E-state index < -0.39 is 44.1 Å². The molecule has 19 heavy (non-hydrogen) atoms. The number of benzene rings is 1. The standard InChI is InChI=1S/C8H6F4N2O4S/c9-6-2-1-5(3-7(6)14(15)16)19(17,18)13-4-8(10,11)12/h1-3,13H,4H2. The molecule has 1 rings (SSSR count). The molecule has 0 bridgehead atoms. The summed E-state index contributed by atoms with van der Waals surface area (Å²) in [6, 6.07) is 1.45. The van der Waals surface area contributed by atoms with Crippen molar-refractivity contribution in [3.63, 3.8) is 0 Å². The fraction of sp³-hybridized carbons (Fsp3) is 0.250. The predicted octanol–water partition coefficient (Wildman–Crippen LogP) is 1.57. The average molecular weight is 302 g/mol. The first kappa shape index (κ1) is 15.3. The summed E-state index contributed by atoms with van der Waals surface area (Å²) < 4.78 is 72.6. The molecule has 0 atom stereocenters. The lowest BCUT2D eigenvalue weighted by Gasteiger charge is -2.09. The number of sulfonamides is 1. The summed E-state index contributed by atoms with van der Waals surface area (Å²) in [4.78, 5) is 8.38. The van der Waals surface area contributed by atoms with Gasteiger partial charge in [-0.1, -0.05) is 0 Å². The van der Waals surface area contributed by atoms with Crippen LogP contribution in [0, 0.1) is 15.9 Å². The van der Waals surface area contributed by atoms with Crippen LogP contribution in [0.5, 0.6) is 0 Å². The van der Waals surface area contributed by atoms with Crippen LogP contribution in [-0.2, 0) is 10.0 Å². The van der Waals surface area contributed by atoms with E-state index in [1.807, 2.05) is 0 Å². The zero-order valence-corrected chi connectivity index (χ0v) is 9.76. The molecule has 0 saturated heterocycles. The summed E-state index contributed by atoms with van der Waals surface area (Å²) in [6.45, 7) is -1.83. The van der Waals surface area contributed by atoms with Crippen molar-refractivity contribution >= 4 is 15.7 Å². The Hall–Kier alpha value is -1.75. The van der Waals surface area contributed by atoms with E-state index >= 15 is 0 Å². The number of hydrogen-bond acceptors (Lipinski definition) is 4. The molecule has 0 aliphatic heterocycles. The predicted molar refractivity (Wildman–Crippen MR) is 54.3 cm³/mol. The van der Waals surface area contributed by atoms with Gasteiger partial charge in [0.05, 0.1) is 9.82 Å². The molecule has 0 unspecified atom stereocenters. The molecule has 0 aliphatic carbocycles. The molecule has 0 spiro atoms. The largest absolute Gasteiger partial charge is 0.402 e. The average Bonchev–Trinajstić information content (AvgIpc) is 2.25. The molecule has 0 saturated carbocycles. The maximum Gasteiger partial charge on any atom is 0.402 e. The topological polar surface area (TPSA) is 89.3 Å². The molecule has 1 N–H and O–H groups in total. The van der Waals surface area contributed by atoms with Crippen molar-refractivity contribution in [3.05, 3.63) is 34.1 Å². The Kier molecular flexibility index (Phi) is 4.10. The summed E-state index contributed by atoms with van der Waals surface area (Å²) in [7, 11) is -4.61. The van der Waals surface area contributed by atoms with Crippen molar-refractivity contribution in [2.75, 3.05) is 6.54 Å². The summed E-state index contributed by atoms with van der Waals surface area (Å²) in [5.74, 6) is -1.29. The van der Waals surface area contributed by atoms with Crippen LogP contribution < -0.4 is 4.72 Å². The molecule has 0 amide bonds. The summed E-state index contributed by atoms with van der Waals surface area (Å²) in [6.07, 6.45) is -4.78. The number of nitrogens with one attached hydrogen (secondary N) is 1. The molecule has 11 heteroatoms. The molecule has 1 aromatic carbocycles. The number of hydrogen-bond donors (Lipinski definition) is 1. The fourth-order valence-corrected chi connectivity index (χ4v) is 2.09. The van der Waals surface area contributed by atoms with Gasteiger partial charge in [0.15, 0.2) is 0 Å². The molecule has 0 fully saturated rings. The zero-order chi connectivity index (χ0) is 14.8. The summed E-state index contributed by atoms with van der Waals surface area (Å²) >= 11 is 0. The van der Waals surface area contributed by atoms with E-state index in [1.165, 1.54) is 4.72 Å². The van der Waals surface area contributed by atoms with E-state index in [0.717, 1.165) is 0 Å². The van der Waals surface area contributed by atoms with Gasteiger partial charge in [-0.05, 0) is 12.1 Å². The van der Waals surface area contributed by atoms with E-state index in [4.69, 9.17) is 0 Å². The number of nitro groups is 1. The Balaban J connectivity index is 3.09. The minimum atomic E-state index is -4.78. The molecule has 0 aliphatic rings. The third-order valence-electron chi connectivity index (χ3n) is 1.89. The Bertz CT molecular complexity index is 599. The van der Waals surface area contributed by atoms with Gasteiger partial charge in [-0.25, -0.2) is 13.1 Å². The Labute approximate surface area is 104 Å². The second-order valence-corrected chi connectivity index (χ2v) is 5.08.